The van der Waals surface area contributed by atoms with Crippen LogP contribution in [0.4, 0.5) is 0 Å². The Bertz CT molecular complexity index is 681. The number of aromatic nitrogens is 4. The average molecular weight is 248 g/mol. The van der Waals surface area contributed by atoms with Crippen LogP contribution >= 0.6 is 11.3 Å². The maximum atomic E-state index is 11.0. The van der Waals surface area contributed by atoms with Gasteiger partial charge >= 0.3 is 0 Å². The Labute approximate surface area is 100 Å². The largest absolute Gasteiger partial charge is 0.434 e. The summed E-state index contributed by atoms with van der Waals surface area (Å²) in [6, 6.07) is 0. The summed E-state index contributed by atoms with van der Waals surface area (Å²) in [5.41, 5.74) is 0.408. The van der Waals surface area contributed by atoms with Gasteiger partial charge in [-0.3, -0.25) is 13.9 Å². The number of fused-ring (bicyclic) bond motifs is 1. The van der Waals surface area contributed by atoms with Gasteiger partial charge in [0.15, 0.2) is 22.7 Å². The van der Waals surface area contributed by atoms with Crippen LogP contribution in [0.3, 0.4) is 0 Å². The lowest BCUT2D eigenvalue weighted by atomic mass is 10.5. The number of hydrogen-bond acceptors (Lipinski definition) is 5. The predicted molar refractivity (Wildman–Crippen MR) is 61.7 cm³/mol. The molecule has 3 aromatic rings. The number of hydrogen-bond donors (Lipinski definition) is 0. The number of carbonyl (C=O) groups is 1. The topological polar surface area (TPSA) is 61.4 Å². The van der Waals surface area contributed by atoms with Gasteiger partial charge in [-0.2, -0.15) is 10.1 Å². The van der Waals surface area contributed by atoms with Crippen molar-refractivity contribution in [1.82, 2.24) is 19.2 Å². The van der Waals surface area contributed by atoms with E-state index < -0.39 is 0 Å². The quantitative estimate of drug-likeness (QED) is 0.662. The first-order valence-corrected chi connectivity index (χ1v) is 5.73. The maximum absolute atomic E-state index is 11.0. The van der Waals surface area contributed by atoms with Gasteiger partial charge in [0.2, 0.25) is 5.88 Å². The number of rotatable bonds is 3. The Kier molecular flexibility index (Phi) is 2.19. The Morgan fingerprint density at radius 2 is 2.41 bits per heavy atom. The third-order valence-corrected chi connectivity index (χ3v) is 3.03. The van der Waals surface area contributed by atoms with Crippen LogP contribution < -0.4 is 4.74 Å². The van der Waals surface area contributed by atoms with Crippen LogP contribution in [0.1, 0.15) is 10.5 Å². The summed E-state index contributed by atoms with van der Waals surface area (Å²) in [7, 11) is 1.79. The monoisotopic (exact) mass is 248 g/mol. The summed E-state index contributed by atoms with van der Waals surface area (Å²) in [5, 5.41) is 5.85. The Balaban J connectivity index is 2.04. The van der Waals surface area contributed by atoms with Crippen LogP contribution in [-0.2, 0) is 7.05 Å². The minimum Gasteiger partial charge on any atom is -0.434 e. The second-order valence-electron chi connectivity index (χ2n) is 3.43. The van der Waals surface area contributed by atoms with Crippen molar-refractivity contribution >= 4 is 22.6 Å². The van der Waals surface area contributed by atoms with Gasteiger partial charge in [-0.15, -0.1) is 11.3 Å². The van der Waals surface area contributed by atoms with Gasteiger partial charge in [0.1, 0.15) is 0 Å². The van der Waals surface area contributed by atoms with E-state index >= 15 is 0 Å². The van der Waals surface area contributed by atoms with Crippen molar-refractivity contribution in [3.8, 4) is 11.6 Å². The molecule has 0 aliphatic rings. The number of aldehydes is 1. The van der Waals surface area contributed by atoms with Crippen LogP contribution in [0, 0.1) is 0 Å². The first kappa shape index (κ1) is 10.0. The highest BCUT2D eigenvalue weighted by atomic mass is 32.1. The fourth-order valence-corrected chi connectivity index (χ4v) is 2.24. The normalized spacial score (nSPS) is 10.9. The molecule has 0 aromatic carbocycles. The summed E-state index contributed by atoms with van der Waals surface area (Å²) in [6.45, 7) is 0. The Hall–Kier alpha value is -2.15. The van der Waals surface area contributed by atoms with E-state index in [1.807, 2.05) is 5.38 Å². The summed E-state index contributed by atoms with van der Waals surface area (Å²) in [5.74, 6) is 0.862. The van der Waals surface area contributed by atoms with Crippen molar-refractivity contribution in [2.24, 2.45) is 7.05 Å². The van der Waals surface area contributed by atoms with Gasteiger partial charge in [0, 0.05) is 18.6 Å². The summed E-state index contributed by atoms with van der Waals surface area (Å²) >= 11 is 1.45. The molecule has 0 saturated carbocycles. The summed E-state index contributed by atoms with van der Waals surface area (Å²) in [4.78, 5) is 16.0. The molecule has 0 unspecified atom stereocenters. The number of carbonyl (C=O) groups excluding carboxylic acids is 1. The van der Waals surface area contributed by atoms with E-state index in [1.165, 1.54) is 11.3 Å². The molecule has 7 heteroatoms. The lowest BCUT2D eigenvalue weighted by Gasteiger charge is -1.98. The van der Waals surface area contributed by atoms with Gasteiger partial charge in [0.05, 0.1) is 12.4 Å². The van der Waals surface area contributed by atoms with E-state index in [0.29, 0.717) is 17.3 Å². The lowest BCUT2D eigenvalue weighted by Crippen LogP contribution is -1.91. The number of imidazole rings is 1. The average Bonchev–Trinajstić information content (AvgIpc) is 2.95. The maximum Gasteiger partial charge on any atom is 0.250 e. The second kappa shape index (κ2) is 3.70. The van der Waals surface area contributed by atoms with Crippen LogP contribution in [0.15, 0.2) is 24.0 Å². The molecule has 0 fully saturated rings. The molecule has 0 N–H and O–H groups in total. The second-order valence-corrected chi connectivity index (χ2v) is 4.30. The van der Waals surface area contributed by atoms with Crippen LogP contribution in [0.5, 0.6) is 11.6 Å². The fourth-order valence-electron chi connectivity index (χ4n) is 1.53. The standard InChI is InChI=1S/C10H8N4O2S/c1-13-5-7(4-11-13)16-9-8(6-15)14-2-3-17-10(14)12-9/h2-6H,1H3. The zero-order valence-electron chi connectivity index (χ0n) is 8.90. The fraction of sp³-hybridized carbons (Fsp3) is 0.100. The third kappa shape index (κ3) is 1.60. The van der Waals surface area contributed by atoms with Gasteiger partial charge in [-0.05, 0) is 0 Å². The summed E-state index contributed by atoms with van der Waals surface area (Å²) < 4.78 is 8.84. The van der Waals surface area contributed by atoms with E-state index in [2.05, 4.69) is 10.1 Å². The number of aryl methyl sites for hydroxylation is 1. The third-order valence-electron chi connectivity index (χ3n) is 2.27. The van der Waals surface area contributed by atoms with E-state index in [9.17, 15) is 4.79 Å². The molecule has 0 radical (unpaired) electrons. The molecule has 0 spiro atoms. The molecule has 86 valence electrons. The van der Waals surface area contributed by atoms with Gasteiger partial charge in [-0.25, -0.2) is 0 Å². The number of thiazole rings is 1. The lowest BCUT2D eigenvalue weighted by molar-refractivity contribution is 0.111. The molecule has 3 heterocycles. The van der Waals surface area contributed by atoms with E-state index in [-0.39, 0.29) is 0 Å². The van der Waals surface area contributed by atoms with Crippen molar-refractivity contribution in [2.45, 2.75) is 0 Å². The van der Waals surface area contributed by atoms with Crippen molar-refractivity contribution in [3.63, 3.8) is 0 Å². The number of ether oxygens (including phenoxy) is 1. The zero-order valence-corrected chi connectivity index (χ0v) is 9.72. The van der Waals surface area contributed by atoms with Crippen molar-refractivity contribution in [2.75, 3.05) is 0 Å². The molecular formula is C10H8N4O2S. The van der Waals surface area contributed by atoms with Gasteiger partial charge < -0.3 is 4.74 Å². The highest BCUT2D eigenvalue weighted by molar-refractivity contribution is 7.15. The smallest absolute Gasteiger partial charge is 0.250 e. The molecule has 0 amide bonds. The number of nitrogens with zero attached hydrogens (tertiary/aromatic N) is 4. The molecule has 6 nitrogen and oxygen atoms in total. The molecule has 0 aliphatic carbocycles. The van der Waals surface area contributed by atoms with E-state index in [4.69, 9.17) is 4.74 Å². The highest BCUT2D eigenvalue weighted by Crippen LogP contribution is 2.26. The first-order chi connectivity index (χ1) is 8.28. The predicted octanol–water partition coefficient (Wildman–Crippen LogP) is 1.73. The van der Waals surface area contributed by atoms with Crippen LogP contribution in [-0.4, -0.2) is 25.5 Å². The van der Waals surface area contributed by atoms with Crippen molar-refractivity contribution in [3.05, 3.63) is 29.7 Å². The zero-order chi connectivity index (χ0) is 11.8. The minimum atomic E-state index is 0.305. The first-order valence-electron chi connectivity index (χ1n) is 4.85. The van der Waals surface area contributed by atoms with Gasteiger partial charge in [-0.1, -0.05) is 0 Å². The molecule has 17 heavy (non-hydrogen) atoms. The van der Waals surface area contributed by atoms with Crippen LogP contribution in [0.2, 0.25) is 0 Å². The molecule has 3 rings (SSSR count). The minimum absolute atomic E-state index is 0.305. The molecular weight excluding hydrogens is 240 g/mol. The van der Waals surface area contributed by atoms with Gasteiger partial charge in [0.25, 0.3) is 0 Å². The molecule has 3 aromatic heterocycles. The van der Waals surface area contributed by atoms with E-state index in [1.54, 1.807) is 34.7 Å². The molecule has 0 aliphatic heterocycles. The SMILES string of the molecule is Cn1cc(Oc2nc3sccn3c2C=O)cn1. The van der Waals surface area contributed by atoms with Crippen molar-refractivity contribution in [1.29, 1.82) is 0 Å². The van der Waals surface area contributed by atoms with E-state index in [0.717, 1.165) is 11.2 Å². The summed E-state index contributed by atoms with van der Waals surface area (Å²) in [6.07, 6.45) is 5.80. The molecule has 0 saturated heterocycles. The van der Waals surface area contributed by atoms with Crippen LogP contribution in [0.25, 0.3) is 4.96 Å². The Morgan fingerprint density at radius 3 is 3.12 bits per heavy atom. The Morgan fingerprint density at radius 1 is 1.53 bits per heavy atom. The highest BCUT2D eigenvalue weighted by Gasteiger charge is 2.14. The molecule has 0 atom stereocenters. The molecule has 0 bridgehead atoms. The van der Waals surface area contributed by atoms with Crippen molar-refractivity contribution < 1.29 is 9.53 Å².